The quantitative estimate of drug-likeness (QED) is 0.362. The summed E-state index contributed by atoms with van der Waals surface area (Å²) >= 11 is 1.77. The van der Waals surface area contributed by atoms with Crippen LogP contribution in [0.4, 0.5) is 0 Å². The molecule has 1 aromatic heterocycles. The largest absolute Gasteiger partial charge is 0.379 e. The predicted octanol–water partition coefficient (Wildman–Crippen LogP) is 2.69. The minimum Gasteiger partial charge on any atom is -0.379 e. The van der Waals surface area contributed by atoms with Crippen LogP contribution in [-0.4, -0.2) is 67.8 Å². The molecule has 27 heavy (non-hydrogen) atoms. The summed E-state index contributed by atoms with van der Waals surface area (Å²) in [6.45, 7) is 15.1. The molecular formula is C20H37N5OS. The third kappa shape index (κ3) is 8.15. The van der Waals surface area contributed by atoms with Gasteiger partial charge in [-0.3, -0.25) is 9.89 Å². The van der Waals surface area contributed by atoms with Gasteiger partial charge in [-0.25, -0.2) is 4.98 Å². The Hall–Kier alpha value is -1.18. The van der Waals surface area contributed by atoms with Crippen molar-refractivity contribution in [1.29, 1.82) is 0 Å². The molecule has 2 heterocycles. The minimum atomic E-state index is 0.470. The first-order valence-corrected chi connectivity index (χ1v) is 11.2. The van der Waals surface area contributed by atoms with E-state index in [0.717, 1.165) is 76.9 Å². The number of unbranched alkanes of at least 4 members (excludes halogenated alkanes) is 1. The summed E-state index contributed by atoms with van der Waals surface area (Å²) in [7, 11) is 0. The highest BCUT2D eigenvalue weighted by atomic mass is 32.1. The van der Waals surface area contributed by atoms with Crippen LogP contribution >= 0.6 is 11.3 Å². The molecule has 0 aliphatic carbocycles. The molecule has 1 saturated heterocycles. The molecule has 0 radical (unpaired) electrons. The molecule has 6 nitrogen and oxygen atoms in total. The summed E-state index contributed by atoms with van der Waals surface area (Å²) in [5, 5.41) is 10.2. The summed E-state index contributed by atoms with van der Waals surface area (Å²) in [4.78, 5) is 11.9. The van der Waals surface area contributed by atoms with Gasteiger partial charge in [-0.1, -0.05) is 13.8 Å². The number of aryl methyl sites for hydroxylation is 2. The number of aliphatic imine (C=N–C) groups is 1. The van der Waals surface area contributed by atoms with Gasteiger partial charge in [0.05, 0.1) is 24.8 Å². The van der Waals surface area contributed by atoms with Crippen molar-refractivity contribution < 1.29 is 4.74 Å². The SMILES string of the molecule is CCNC(=NCC(C(C)C)N1CCOCC1)NCCCCc1nc(C)cs1. The molecule has 0 aromatic carbocycles. The lowest BCUT2D eigenvalue weighted by Gasteiger charge is -2.36. The zero-order chi connectivity index (χ0) is 19.5. The van der Waals surface area contributed by atoms with Crippen molar-refractivity contribution in [3.63, 3.8) is 0 Å². The van der Waals surface area contributed by atoms with Crippen LogP contribution < -0.4 is 10.6 Å². The maximum Gasteiger partial charge on any atom is 0.191 e. The first-order valence-electron chi connectivity index (χ1n) is 10.3. The van der Waals surface area contributed by atoms with E-state index in [0.29, 0.717) is 12.0 Å². The van der Waals surface area contributed by atoms with Gasteiger partial charge in [0.25, 0.3) is 0 Å². The Morgan fingerprint density at radius 3 is 2.70 bits per heavy atom. The van der Waals surface area contributed by atoms with Crippen LogP contribution in [0.3, 0.4) is 0 Å². The van der Waals surface area contributed by atoms with E-state index in [9.17, 15) is 0 Å². The second-order valence-electron chi connectivity index (χ2n) is 7.45. The Morgan fingerprint density at radius 1 is 1.30 bits per heavy atom. The number of nitrogens with zero attached hydrogens (tertiary/aromatic N) is 3. The molecule has 1 aliphatic heterocycles. The van der Waals surface area contributed by atoms with Crippen LogP contribution in [0.5, 0.6) is 0 Å². The number of aromatic nitrogens is 1. The van der Waals surface area contributed by atoms with Gasteiger partial charge in [0.2, 0.25) is 0 Å². The number of thiazole rings is 1. The van der Waals surface area contributed by atoms with Crippen molar-refractivity contribution >= 4 is 17.3 Å². The van der Waals surface area contributed by atoms with Crippen molar-refractivity contribution in [2.45, 2.75) is 53.0 Å². The average Bonchev–Trinajstić information content (AvgIpc) is 3.07. The average molecular weight is 396 g/mol. The maximum absolute atomic E-state index is 5.50. The molecule has 1 fully saturated rings. The standard InChI is InChI=1S/C20H37N5OS/c1-5-21-20(22-9-7-6-8-19-24-17(4)15-27-19)23-14-18(16(2)3)25-10-12-26-13-11-25/h15-16,18H,5-14H2,1-4H3,(H2,21,22,23). The van der Waals surface area contributed by atoms with Gasteiger partial charge in [-0.2, -0.15) is 0 Å². The van der Waals surface area contributed by atoms with E-state index in [2.05, 4.69) is 53.6 Å². The Bertz CT molecular complexity index is 554. The fraction of sp³-hybridized carbons (Fsp3) is 0.800. The summed E-state index contributed by atoms with van der Waals surface area (Å²) in [5.41, 5.74) is 1.13. The van der Waals surface area contributed by atoms with E-state index in [1.807, 2.05) is 0 Å². The van der Waals surface area contributed by atoms with Gasteiger partial charge in [-0.15, -0.1) is 11.3 Å². The minimum absolute atomic E-state index is 0.470. The van der Waals surface area contributed by atoms with Gasteiger partial charge in [0.15, 0.2) is 5.96 Å². The van der Waals surface area contributed by atoms with Crippen molar-refractivity contribution in [2.24, 2.45) is 10.9 Å². The zero-order valence-corrected chi connectivity index (χ0v) is 18.3. The smallest absolute Gasteiger partial charge is 0.191 e. The zero-order valence-electron chi connectivity index (χ0n) is 17.5. The van der Waals surface area contributed by atoms with E-state index in [-0.39, 0.29) is 0 Å². The van der Waals surface area contributed by atoms with Crippen LogP contribution in [-0.2, 0) is 11.2 Å². The molecule has 0 amide bonds. The van der Waals surface area contributed by atoms with E-state index in [4.69, 9.17) is 9.73 Å². The molecule has 1 aliphatic rings. The lowest BCUT2D eigenvalue weighted by Crippen LogP contribution is -2.48. The molecular weight excluding hydrogens is 358 g/mol. The van der Waals surface area contributed by atoms with E-state index < -0.39 is 0 Å². The Labute approximate surface area is 168 Å². The van der Waals surface area contributed by atoms with Gasteiger partial charge in [-0.05, 0) is 39.0 Å². The highest BCUT2D eigenvalue weighted by Gasteiger charge is 2.23. The van der Waals surface area contributed by atoms with E-state index in [1.54, 1.807) is 11.3 Å². The normalized spacial score (nSPS) is 17.3. The summed E-state index contributed by atoms with van der Waals surface area (Å²) < 4.78 is 5.50. The van der Waals surface area contributed by atoms with Crippen molar-refractivity contribution in [2.75, 3.05) is 45.9 Å². The summed E-state index contributed by atoms with van der Waals surface area (Å²) in [5.74, 6) is 1.51. The van der Waals surface area contributed by atoms with Gasteiger partial charge in [0.1, 0.15) is 0 Å². The number of morpholine rings is 1. The predicted molar refractivity (Wildman–Crippen MR) is 115 cm³/mol. The summed E-state index contributed by atoms with van der Waals surface area (Å²) in [6, 6.07) is 0.470. The Kier molecular flexibility index (Phi) is 10.1. The number of ether oxygens (including phenoxy) is 1. The van der Waals surface area contributed by atoms with Crippen molar-refractivity contribution in [1.82, 2.24) is 20.5 Å². The highest BCUT2D eigenvalue weighted by molar-refractivity contribution is 7.09. The Balaban J connectivity index is 1.75. The van der Waals surface area contributed by atoms with Crippen LogP contribution in [0.2, 0.25) is 0 Å². The molecule has 0 bridgehead atoms. The third-order valence-electron chi connectivity index (χ3n) is 4.84. The topological polar surface area (TPSA) is 61.8 Å². The monoisotopic (exact) mass is 395 g/mol. The molecule has 0 saturated carbocycles. The third-order valence-corrected chi connectivity index (χ3v) is 5.87. The van der Waals surface area contributed by atoms with Gasteiger partial charge in [0, 0.05) is 43.3 Å². The molecule has 2 rings (SSSR count). The molecule has 154 valence electrons. The fourth-order valence-electron chi connectivity index (χ4n) is 3.31. The lowest BCUT2D eigenvalue weighted by atomic mass is 10.0. The lowest BCUT2D eigenvalue weighted by molar-refractivity contribution is 0.00867. The fourth-order valence-corrected chi connectivity index (χ4v) is 4.13. The van der Waals surface area contributed by atoms with E-state index >= 15 is 0 Å². The van der Waals surface area contributed by atoms with Crippen molar-refractivity contribution in [3.8, 4) is 0 Å². The van der Waals surface area contributed by atoms with Crippen LogP contribution in [0, 0.1) is 12.8 Å². The van der Waals surface area contributed by atoms with Crippen molar-refractivity contribution in [3.05, 3.63) is 16.1 Å². The highest BCUT2D eigenvalue weighted by Crippen LogP contribution is 2.13. The number of guanidine groups is 1. The molecule has 7 heteroatoms. The van der Waals surface area contributed by atoms with Crippen LogP contribution in [0.15, 0.2) is 10.4 Å². The molecule has 1 aromatic rings. The van der Waals surface area contributed by atoms with Crippen LogP contribution in [0.1, 0.15) is 44.3 Å². The molecule has 2 N–H and O–H groups in total. The maximum atomic E-state index is 5.50. The number of hydrogen-bond acceptors (Lipinski definition) is 5. The number of nitrogens with one attached hydrogen (secondary N) is 2. The number of hydrogen-bond donors (Lipinski definition) is 2. The second-order valence-corrected chi connectivity index (χ2v) is 8.39. The Morgan fingerprint density at radius 2 is 2.07 bits per heavy atom. The first kappa shape index (κ1) is 22.1. The number of rotatable bonds is 10. The summed E-state index contributed by atoms with van der Waals surface area (Å²) in [6.07, 6.45) is 3.35. The molecule has 0 spiro atoms. The van der Waals surface area contributed by atoms with Gasteiger partial charge < -0.3 is 15.4 Å². The first-order chi connectivity index (χ1) is 13.1. The molecule has 1 unspecified atom stereocenters. The van der Waals surface area contributed by atoms with Crippen LogP contribution in [0.25, 0.3) is 0 Å². The second kappa shape index (κ2) is 12.3. The van der Waals surface area contributed by atoms with Gasteiger partial charge >= 0.3 is 0 Å². The molecule has 1 atom stereocenters. The van der Waals surface area contributed by atoms with E-state index in [1.165, 1.54) is 5.01 Å².